The van der Waals surface area contributed by atoms with E-state index < -0.39 is 17.2 Å². The van der Waals surface area contributed by atoms with Gasteiger partial charge in [-0.15, -0.1) is 0 Å². The number of phenols is 1. The van der Waals surface area contributed by atoms with Gasteiger partial charge in [0.05, 0.1) is 10.0 Å². The van der Waals surface area contributed by atoms with Gasteiger partial charge in [-0.1, -0.05) is 0 Å². The smallest absolute Gasteiger partial charge is 0.416 e. The summed E-state index contributed by atoms with van der Waals surface area (Å²) >= 11 is 2.97. The van der Waals surface area contributed by atoms with E-state index in [-0.39, 0.29) is 16.3 Å². The molecule has 0 radical (unpaired) electrons. The highest BCUT2D eigenvalue weighted by Crippen LogP contribution is 2.55. The zero-order chi connectivity index (χ0) is 13.7. The third kappa shape index (κ3) is 2.12. The highest BCUT2D eigenvalue weighted by atomic mass is 79.9. The fourth-order valence-corrected chi connectivity index (χ4v) is 2.71. The Labute approximate surface area is 111 Å². The standard InChI is InChI=1S/C12H13BrF3NO/c1-6(17)11(2-3-11)8-4-7(12(14,15)16)5-9(13)10(8)18/h4-6,18H,2-3,17H2,1H3. The van der Waals surface area contributed by atoms with Gasteiger partial charge in [0.2, 0.25) is 0 Å². The summed E-state index contributed by atoms with van der Waals surface area (Å²) in [7, 11) is 0. The van der Waals surface area contributed by atoms with Crippen molar-refractivity contribution in [1.82, 2.24) is 0 Å². The predicted molar refractivity (Wildman–Crippen MR) is 65.4 cm³/mol. The summed E-state index contributed by atoms with van der Waals surface area (Å²) in [6, 6.07) is 1.60. The van der Waals surface area contributed by atoms with Crippen molar-refractivity contribution in [2.75, 3.05) is 0 Å². The van der Waals surface area contributed by atoms with Gasteiger partial charge < -0.3 is 10.8 Å². The Morgan fingerprint density at radius 1 is 1.39 bits per heavy atom. The lowest BCUT2D eigenvalue weighted by Gasteiger charge is -2.23. The molecule has 1 aliphatic carbocycles. The van der Waals surface area contributed by atoms with Gasteiger partial charge in [-0.25, -0.2) is 0 Å². The van der Waals surface area contributed by atoms with Crippen LogP contribution in [0.15, 0.2) is 16.6 Å². The Kier molecular flexibility index (Phi) is 3.14. The van der Waals surface area contributed by atoms with Crippen LogP contribution in [-0.2, 0) is 11.6 Å². The first kappa shape index (κ1) is 13.7. The average Bonchev–Trinajstić information content (AvgIpc) is 3.01. The number of hydrogen-bond acceptors (Lipinski definition) is 2. The molecular formula is C12H13BrF3NO. The molecule has 1 fully saturated rings. The van der Waals surface area contributed by atoms with E-state index in [4.69, 9.17) is 5.73 Å². The van der Waals surface area contributed by atoms with Crippen LogP contribution in [0.5, 0.6) is 5.75 Å². The van der Waals surface area contributed by atoms with Crippen LogP contribution < -0.4 is 5.73 Å². The van der Waals surface area contributed by atoms with E-state index in [1.807, 2.05) is 0 Å². The number of rotatable bonds is 2. The van der Waals surface area contributed by atoms with Gasteiger partial charge in [0.1, 0.15) is 5.75 Å². The number of aromatic hydroxyl groups is 1. The van der Waals surface area contributed by atoms with E-state index in [2.05, 4.69) is 15.9 Å². The molecule has 0 amide bonds. The van der Waals surface area contributed by atoms with E-state index in [1.165, 1.54) is 0 Å². The molecule has 0 heterocycles. The molecule has 0 aromatic heterocycles. The molecule has 1 aliphatic rings. The van der Waals surface area contributed by atoms with Crippen LogP contribution in [0, 0.1) is 0 Å². The molecule has 3 N–H and O–H groups in total. The zero-order valence-electron chi connectivity index (χ0n) is 9.68. The van der Waals surface area contributed by atoms with Gasteiger partial charge in [0.15, 0.2) is 0 Å². The Morgan fingerprint density at radius 2 is 1.94 bits per heavy atom. The summed E-state index contributed by atoms with van der Waals surface area (Å²) in [5, 5.41) is 9.94. The maximum absolute atomic E-state index is 12.8. The molecule has 1 aromatic rings. The molecule has 0 bridgehead atoms. The number of phenolic OH excluding ortho intramolecular Hbond substituents is 1. The number of nitrogens with two attached hydrogens (primary N) is 1. The third-order valence-electron chi connectivity index (χ3n) is 3.59. The molecule has 100 valence electrons. The Hall–Kier alpha value is -0.750. The van der Waals surface area contributed by atoms with Crippen LogP contribution >= 0.6 is 15.9 Å². The first-order valence-corrected chi connectivity index (χ1v) is 6.33. The summed E-state index contributed by atoms with van der Waals surface area (Å²) < 4.78 is 38.3. The van der Waals surface area contributed by atoms with E-state index in [1.54, 1.807) is 6.92 Å². The minimum atomic E-state index is -4.43. The first-order chi connectivity index (χ1) is 8.18. The Morgan fingerprint density at radius 3 is 2.33 bits per heavy atom. The quantitative estimate of drug-likeness (QED) is 0.874. The fraction of sp³-hybridized carbons (Fsp3) is 0.500. The fourth-order valence-electron chi connectivity index (χ4n) is 2.25. The second-order valence-electron chi connectivity index (χ2n) is 4.80. The van der Waals surface area contributed by atoms with Crippen LogP contribution in [0.2, 0.25) is 0 Å². The number of halogens is 4. The first-order valence-electron chi connectivity index (χ1n) is 5.54. The minimum Gasteiger partial charge on any atom is -0.506 e. The topological polar surface area (TPSA) is 46.2 Å². The number of hydrogen-bond donors (Lipinski definition) is 2. The molecule has 0 saturated heterocycles. The van der Waals surface area contributed by atoms with E-state index in [9.17, 15) is 18.3 Å². The largest absolute Gasteiger partial charge is 0.506 e. The average molecular weight is 324 g/mol. The summed E-state index contributed by atoms with van der Waals surface area (Å²) in [5.74, 6) is -0.141. The molecule has 1 saturated carbocycles. The predicted octanol–water partition coefficient (Wildman–Crippen LogP) is 3.55. The maximum atomic E-state index is 12.8. The van der Waals surface area contributed by atoms with E-state index in [0.717, 1.165) is 12.1 Å². The van der Waals surface area contributed by atoms with Gasteiger partial charge in [-0.2, -0.15) is 13.2 Å². The minimum absolute atomic E-state index is 0.0549. The van der Waals surface area contributed by atoms with Gasteiger partial charge >= 0.3 is 6.18 Å². The molecule has 2 nitrogen and oxygen atoms in total. The summed E-state index contributed by atoms with van der Waals surface area (Å²) in [6.07, 6.45) is -3.03. The third-order valence-corrected chi connectivity index (χ3v) is 4.19. The van der Waals surface area contributed by atoms with Crippen molar-refractivity contribution in [2.45, 2.75) is 37.4 Å². The maximum Gasteiger partial charge on any atom is 0.416 e. The molecule has 1 atom stereocenters. The Bertz CT molecular complexity index is 481. The second-order valence-corrected chi connectivity index (χ2v) is 5.65. The molecular weight excluding hydrogens is 311 g/mol. The summed E-state index contributed by atoms with van der Waals surface area (Å²) in [5.41, 5.74) is 4.84. The highest BCUT2D eigenvalue weighted by Gasteiger charge is 2.50. The highest BCUT2D eigenvalue weighted by molar-refractivity contribution is 9.10. The van der Waals surface area contributed by atoms with Crippen molar-refractivity contribution < 1.29 is 18.3 Å². The van der Waals surface area contributed by atoms with Crippen LogP contribution in [0.1, 0.15) is 30.9 Å². The van der Waals surface area contributed by atoms with Crippen LogP contribution in [0.4, 0.5) is 13.2 Å². The van der Waals surface area contributed by atoms with Crippen molar-refractivity contribution in [3.63, 3.8) is 0 Å². The second kappa shape index (κ2) is 4.13. The molecule has 0 aliphatic heterocycles. The zero-order valence-corrected chi connectivity index (χ0v) is 11.3. The molecule has 1 unspecified atom stereocenters. The van der Waals surface area contributed by atoms with Gasteiger partial charge in [0.25, 0.3) is 0 Å². The lowest BCUT2D eigenvalue weighted by atomic mass is 9.87. The van der Waals surface area contributed by atoms with Crippen LogP contribution in [0.3, 0.4) is 0 Å². The summed E-state index contributed by atoms with van der Waals surface area (Å²) in [4.78, 5) is 0. The lowest BCUT2D eigenvalue weighted by molar-refractivity contribution is -0.137. The molecule has 0 spiro atoms. The van der Waals surface area contributed by atoms with Gasteiger partial charge in [-0.05, 0) is 47.8 Å². The molecule has 2 rings (SSSR count). The van der Waals surface area contributed by atoms with Crippen molar-refractivity contribution in [1.29, 1.82) is 0 Å². The SMILES string of the molecule is CC(N)C1(c2cc(C(F)(F)F)cc(Br)c2O)CC1. The number of alkyl halides is 3. The molecule has 18 heavy (non-hydrogen) atoms. The van der Waals surface area contributed by atoms with Gasteiger partial charge in [-0.3, -0.25) is 0 Å². The van der Waals surface area contributed by atoms with Crippen LogP contribution in [0.25, 0.3) is 0 Å². The van der Waals surface area contributed by atoms with Crippen molar-refractivity contribution in [2.24, 2.45) is 5.73 Å². The van der Waals surface area contributed by atoms with E-state index in [0.29, 0.717) is 18.4 Å². The van der Waals surface area contributed by atoms with Crippen molar-refractivity contribution in [3.8, 4) is 5.75 Å². The molecule has 6 heteroatoms. The van der Waals surface area contributed by atoms with Crippen molar-refractivity contribution >= 4 is 15.9 Å². The molecule has 1 aromatic carbocycles. The number of benzene rings is 1. The normalized spacial score (nSPS) is 19.7. The van der Waals surface area contributed by atoms with E-state index >= 15 is 0 Å². The van der Waals surface area contributed by atoms with Crippen LogP contribution in [-0.4, -0.2) is 11.1 Å². The van der Waals surface area contributed by atoms with Crippen molar-refractivity contribution in [3.05, 3.63) is 27.7 Å². The van der Waals surface area contributed by atoms with Gasteiger partial charge in [0, 0.05) is 17.0 Å². The Balaban J connectivity index is 2.58. The monoisotopic (exact) mass is 323 g/mol. The summed E-state index contributed by atoms with van der Waals surface area (Å²) in [6.45, 7) is 1.75. The lowest BCUT2D eigenvalue weighted by Crippen LogP contribution is -2.32.